The lowest BCUT2D eigenvalue weighted by Gasteiger charge is -2.11. The van der Waals surface area contributed by atoms with Crippen molar-refractivity contribution < 1.29 is 17.9 Å². The van der Waals surface area contributed by atoms with Crippen molar-refractivity contribution in [3.8, 4) is 5.75 Å². The van der Waals surface area contributed by atoms with Crippen molar-refractivity contribution in [2.45, 2.75) is 13.1 Å². The molecule has 0 atom stereocenters. The minimum absolute atomic E-state index is 0.169. The number of methoxy groups -OCH3 is 1. The third-order valence-corrected chi connectivity index (χ3v) is 3.32. The molecule has 0 bridgehead atoms. The van der Waals surface area contributed by atoms with E-state index in [2.05, 4.69) is 5.32 Å². The summed E-state index contributed by atoms with van der Waals surface area (Å²) < 4.78 is 44.2. The Hall–Kier alpha value is -1.72. The first-order chi connectivity index (χ1) is 10.0. The van der Waals surface area contributed by atoms with E-state index in [1.165, 1.54) is 7.11 Å². The smallest absolute Gasteiger partial charge is 0.194 e. The number of ether oxygens (including phenoxy) is 1. The van der Waals surface area contributed by atoms with Gasteiger partial charge in [-0.05, 0) is 29.8 Å². The molecule has 0 aliphatic heterocycles. The van der Waals surface area contributed by atoms with Gasteiger partial charge in [-0.25, -0.2) is 13.2 Å². The lowest BCUT2D eigenvalue weighted by molar-refractivity contribution is 0.407. The van der Waals surface area contributed by atoms with E-state index in [-0.39, 0.29) is 6.54 Å². The Kier molecular flexibility index (Phi) is 5.09. The van der Waals surface area contributed by atoms with Crippen LogP contribution in [0.1, 0.15) is 11.1 Å². The molecule has 0 radical (unpaired) electrons. The Labute approximate surface area is 125 Å². The minimum atomic E-state index is -1.47. The highest BCUT2D eigenvalue weighted by Crippen LogP contribution is 2.26. The fraction of sp³-hybridized carbons (Fsp3) is 0.200. The van der Waals surface area contributed by atoms with E-state index in [9.17, 15) is 13.2 Å². The molecule has 1 N–H and O–H groups in total. The monoisotopic (exact) mass is 315 g/mol. The molecule has 0 heterocycles. The molecule has 2 aromatic carbocycles. The third-order valence-electron chi connectivity index (χ3n) is 2.97. The number of hydrogen-bond donors (Lipinski definition) is 1. The molecule has 112 valence electrons. The van der Waals surface area contributed by atoms with Crippen molar-refractivity contribution >= 4 is 11.6 Å². The zero-order chi connectivity index (χ0) is 15.4. The normalized spacial score (nSPS) is 10.7. The second-order valence-corrected chi connectivity index (χ2v) is 4.80. The highest BCUT2D eigenvalue weighted by atomic mass is 35.5. The van der Waals surface area contributed by atoms with Crippen LogP contribution in [0.3, 0.4) is 0 Å². The van der Waals surface area contributed by atoms with Crippen molar-refractivity contribution in [1.29, 1.82) is 0 Å². The van der Waals surface area contributed by atoms with Gasteiger partial charge in [0, 0.05) is 23.7 Å². The van der Waals surface area contributed by atoms with Crippen LogP contribution in [0.4, 0.5) is 13.2 Å². The molecule has 0 saturated carbocycles. The molecule has 0 unspecified atom stereocenters. The zero-order valence-electron chi connectivity index (χ0n) is 11.2. The molecule has 2 nitrogen and oxygen atoms in total. The second-order valence-electron chi connectivity index (χ2n) is 4.40. The van der Waals surface area contributed by atoms with Crippen LogP contribution in [0, 0.1) is 17.5 Å². The average Bonchev–Trinajstić information content (AvgIpc) is 2.46. The maximum absolute atomic E-state index is 13.1. The van der Waals surface area contributed by atoms with Gasteiger partial charge in [-0.2, -0.15) is 0 Å². The van der Waals surface area contributed by atoms with Crippen molar-refractivity contribution in [1.82, 2.24) is 5.32 Å². The Bertz CT molecular complexity index is 626. The van der Waals surface area contributed by atoms with Gasteiger partial charge < -0.3 is 10.1 Å². The molecule has 0 saturated heterocycles. The van der Waals surface area contributed by atoms with Crippen LogP contribution in [-0.4, -0.2) is 7.11 Å². The van der Waals surface area contributed by atoms with E-state index in [1.54, 1.807) is 18.2 Å². The fourth-order valence-corrected chi connectivity index (χ4v) is 2.18. The van der Waals surface area contributed by atoms with E-state index in [1.807, 2.05) is 0 Å². The lowest BCUT2D eigenvalue weighted by atomic mass is 10.1. The van der Waals surface area contributed by atoms with Gasteiger partial charge in [-0.3, -0.25) is 0 Å². The lowest BCUT2D eigenvalue weighted by Crippen LogP contribution is -2.14. The first-order valence-electron chi connectivity index (χ1n) is 6.18. The summed E-state index contributed by atoms with van der Waals surface area (Å²) in [7, 11) is 1.53. The van der Waals surface area contributed by atoms with Crippen LogP contribution in [0.15, 0.2) is 30.3 Å². The largest absolute Gasteiger partial charge is 0.496 e. The van der Waals surface area contributed by atoms with Crippen LogP contribution < -0.4 is 10.1 Å². The number of halogens is 4. The molecular formula is C15H13ClF3NO. The van der Waals surface area contributed by atoms with Crippen molar-refractivity contribution in [2.24, 2.45) is 0 Å². The van der Waals surface area contributed by atoms with Crippen molar-refractivity contribution in [3.63, 3.8) is 0 Å². The van der Waals surface area contributed by atoms with Gasteiger partial charge in [0.25, 0.3) is 0 Å². The van der Waals surface area contributed by atoms with Crippen LogP contribution in [-0.2, 0) is 13.1 Å². The van der Waals surface area contributed by atoms with Gasteiger partial charge in [-0.1, -0.05) is 17.7 Å². The molecular weight excluding hydrogens is 303 g/mol. The van der Waals surface area contributed by atoms with E-state index < -0.39 is 17.5 Å². The zero-order valence-corrected chi connectivity index (χ0v) is 12.0. The van der Waals surface area contributed by atoms with Crippen LogP contribution >= 0.6 is 11.6 Å². The van der Waals surface area contributed by atoms with Crippen LogP contribution in [0.2, 0.25) is 5.02 Å². The maximum Gasteiger partial charge on any atom is 0.194 e. The first-order valence-corrected chi connectivity index (χ1v) is 6.56. The van der Waals surface area contributed by atoms with Gasteiger partial charge in [0.05, 0.1) is 7.11 Å². The predicted molar refractivity (Wildman–Crippen MR) is 74.9 cm³/mol. The number of benzene rings is 2. The summed E-state index contributed by atoms with van der Waals surface area (Å²) in [5.74, 6) is -3.26. The van der Waals surface area contributed by atoms with Gasteiger partial charge in [-0.15, -0.1) is 0 Å². The summed E-state index contributed by atoms with van der Waals surface area (Å²) in [5.41, 5.74) is 1.04. The fourth-order valence-electron chi connectivity index (χ4n) is 1.94. The quantitative estimate of drug-likeness (QED) is 0.840. The van der Waals surface area contributed by atoms with Gasteiger partial charge in [0.15, 0.2) is 17.5 Å². The van der Waals surface area contributed by atoms with E-state index >= 15 is 0 Å². The van der Waals surface area contributed by atoms with Crippen LogP contribution in [0.25, 0.3) is 0 Å². The summed E-state index contributed by atoms with van der Waals surface area (Å²) in [6, 6.07) is 7.15. The summed E-state index contributed by atoms with van der Waals surface area (Å²) >= 11 is 6.07. The SMILES string of the molecule is COc1cccc(Cl)c1CNCc1cc(F)c(F)c(F)c1. The Morgan fingerprint density at radius 2 is 1.76 bits per heavy atom. The number of nitrogens with one attached hydrogen (secondary N) is 1. The van der Waals surface area contributed by atoms with Crippen LogP contribution in [0.5, 0.6) is 5.75 Å². The Morgan fingerprint density at radius 3 is 2.38 bits per heavy atom. The van der Waals surface area contributed by atoms with Crippen molar-refractivity contribution in [2.75, 3.05) is 7.11 Å². The molecule has 0 aliphatic rings. The topological polar surface area (TPSA) is 21.3 Å². The molecule has 21 heavy (non-hydrogen) atoms. The summed E-state index contributed by atoms with van der Waals surface area (Å²) in [6.45, 7) is 0.520. The number of rotatable bonds is 5. The van der Waals surface area contributed by atoms with Gasteiger partial charge >= 0.3 is 0 Å². The van der Waals surface area contributed by atoms with Gasteiger partial charge in [0.2, 0.25) is 0 Å². The predicted octanol–water partition coefficient (Wildman–Crippen LogP) is 4.06. The third kappa shape index (κ3) is 3.68. The summed E-state index contributed by atoms with van der Waals surface area (Å²) in [6.07, 6.45) is 0. The number of hydrogen-bond acceptors (Lipinski definition) is 2. The molecule has 0 aliphatic carbocycles. The highest BCUT2D eigenvalue weighted by Gasteiger charge is 2.11. The average molecular weight is 316 g/mol. The van der Waals surface area contributed by atoms with E-state index in [4.69, 9.17) is 16.3 Å². The summed E-state index contributed by atoms with van der Waals surface area (Å²) in [4.78, 5) is 0. The molecule has 0 spiro atoms. The molecule has 0 fully saturated rings. The molecule has 0 aromatic heterocycles. The Balaban J connectivity index is 2.05. The van der Waals surface area contributed by atoms with E-state index in [0.29, 0.717) is 22.9 Å². The molecule has 0 amide bonds. The highest BCUT2D eigenvalue weighted by molar-refractivity contribution is 6.31. The first kappa shape index (κ1) is 15.7. The summed E-state index contributed by atoms with van der Waals surface area (Å²) in [5, 5.41) is 3.51. The second kappa shape index (κ2) is 6.83. The van der Waals surface area contributed by atoms with Gasteiger partial charge in [0.1, 0.15) is 5.75 Å². The van der Waals surface area contributed by atoms with Crippen molar-refractivity contribution in [3.05, 3.63) is 63.9 Å². The molecule has 2 aromatic rings. The molecule has 6 heteroatoms. The van der Waals surface area contributed by atoms with E-state index in [0.717, 1.165) is 17.7 Å². The Morgan fingerprint density at radius 1 is 1.10 bits per heavy atom. The maximum atomic E-state index is 13.1. The minimum Gasteiger partial charge on any atom is -0.496 e. The standard InChI is InChI=1S/C15H13ClF3NO/c1-21-14-4-2-3-11(16)10(14)8-20-7-9-5-12(17)15(19)13(18)6-9/h2-6,20H,7-8H2,1H3. The molecule has 2 rings (SSSR count).